The standard InChI is InChI=1S/C47H54N8O8/c1-51-26-35(41-34(43(51)58)24-48-46(50-41)54-13-4-14-54)29-19-38(61-2)36(39(20-29)62-3)27-52-15-9-28(10-16-52)25-53-17-11-47(12-18-53)22-31(23-47)63-30-5-6-32-33(21-30)45(60)55(44(32)59)37-7-8-40(56)49-42(37)57/h5-6,19-21,24,26,28,31,37H,4,7-18,22-23,25,27H2,1-3H3,(H,49,56,57). The molecule has 63 heavy (non-hydrogen) atoms. The van der Waals surface area contributed by atoms with Crippen LogP contribution in [0.25, 0.3) is 22.0 Å². The lowest BCUT2D eigenvalue weighted by atomic mass is 9.61. The largest absolute Gasteiger partial charge is 0.496 e. The van der Waals surface area contributed by atoms with Crippen LogP contribution in [0, 0.1) is 11.3 Å². The van der Waals surface area contributed by atoms with E-state index in [0.717, 1.165) is 124 Å². The van der Waals surface area contributed by atoms with Gasteiger partial charge in [0.1, 0.15) is 23.3 Å². The lowest BCUT2D eigenvalue weighted by Crippen LogP contribution is -2.54. The van der Waals surface area contributed by atoms with Crippen LogP contribution in [0.15, 0.2) is 47.5 Å². The van der Waals surface area contributed by atoms with Crippen LogP contribution in [-0.2, 0) is 23.2 Å². The molecule has 1 saturated carbocycles. The van der Waals surface area contributed by atoms with Gasteiger partial charge in [-0.15, -0.1) is 0 Å². The maximum absolute atomic E-state index is 13.3. The second kappa shape index (κ2) is 16.4. The van der Waals surface area contributed by atoms with Gasteiger partial charge in [-0.25, -0.2) is 9.97 Å². The minimum atomic E-state index is -0.988. The Labute approximate surface area is 365 Å². The number of rotatable bonds is 11. The van der Waals surface area contributed by atoms with Gasteiger partial charge in [-0.05, 0) is 125 Å². The summed E-state index contributed by atoms with van der Waals surface area (Å²) >= 11 is 0. The minimum Gasteiger partial charge on any atom is -0.496 e. The first kappa shape index (κ1) is 41.2. The van der Waals surface area contributed by atoms with Crippen molar-refractivity contribution < 1.29 is 33.4 Å². The molecule has 1 aliphatic carbocycles. The molecule has 5 aliphatic heterocycles. The normalized spacial score (nSPS) is 22.0. The first-order valence-electron chi connectivity index (χ1n) is 22.3. The molecule has 16 nitrogen and oxygen atoms in total. The Morgan fingerprint density at radius 3 is 2.21 bits per heavy atom. The lowest BCUT2D eigenvalue weighted by Gasteiger charge is -2.52. The van der Waals surface area contributed by atoms with Gasteiger partial charge < -0.3 is 28.6 Å². The molecule has 1 atom stereocenters. The Morgan fingerprint density at radius 1 is 0.825 bits per heavy atom. The summed E-state index contributed by atoms with van der Waals surface area (Å²) in [7, 11) is 5.14. The van der Waals surface area contributed by atoms with E-state index in [2.05, 4.69) is 25.0 Å². The number of imide groups is 2. The fourth-order valence-corrected chi connectivity index (χ4v) is 10.7. The minimum absolute atomic E-state index is 0.0528. The molecule has 10 rings (SSSR count). The molecule has 0 radical (unpaired) electrons. The van der Waals surface area contributed by atoms with Crippen LogP contribution in [0.5, 0.6) is 17.2 Å². The zero-order valence-electron chi connectivity index (χ0n) is 36.2. The van der Waals surface area contributed by atoms with Gasteiger partial charge in [-0.3, -0.25) is 39.1 Å². The number of ether oxygens (including phenoxy) is 3. The highest BCUT2D eigenvalue weighted by Crippen LogP contribution is 2.51. The highest BCUT2D eigenvalue weighted by molar-refractivity contribution is 6.23. The number of hydrogen-bond acceptors (Lipinski definition) is 13. The van der Waals surface area contributed by atoms with E-state index in [1.165, 1.54) is 0 Å². The summed E-state index contributed by atoms with van der Waals surface area (Å²) in [5, 5.41) is 2.72. The van der Waals surface area contributed by atoms with Crippen LogP contribution in [0.3, 0.4) is 0 Å². The molecule has 4 aromatic rings. The van der Waals surface area contributed by atoms with Gasteiger partial charge in [0, 0.05) is 57.6 Å². The number of nitrogens with one attached hydrogen (secondary N) is 1. The molecule has 2 aromatic heterocycles. The average Bonchev–Trinajstić information content (AvgIpc) is 3.49. The van der Waals surface area contributed by atoms with E-state index in [4.69, 9.17) is 19.2 Å². The van der Waals surface area contributed by atoms with Gasteiger partial charge in [0.2, 0.25) is 17.8 Å². The number of methoxy groups -OCH3 is 2. The third-order valence-electron chi connectivity index (χ3n) is 14.5. The number of aryl methyl sites for hydroxylation is 1. The molecule has 1 N–H and O–H groups in total. The SMILES string of the molecule is COc1cc(-c2cn(C)c(=O)c3cnc(N4CCC4)nc23)cc(OC)c1CN1CCC(CN2CCC3(CC2)CC(Oc2ccc4c(c2)C(=O)N(C2CCC(=O)NC2=O)C4=O)C3)CC1. The molecule has 1 spiro atoms. The van der Waals surface area contributed by atoms with Crippen LogP contribution < -0.4 is 30.0 Å². The van der Waals surface area contributed by atoms with Crippen LogP contribution in [0.4, 0.5) is 5.95 Å². The molecule has 330 valence electrons. The van der Waals surface area contributed by atoms with E-state index in [0.29, 0.717) is 35.1 Å². The molecule has 1 unspecified atom stereocenters. The molecular weight excluding hydrogens is 805 g/mol. The fraction of sp³-hybridized carbons (Fsp3) is 0.511. The molecule has 4 saturated heterocycles. The Morgan fingerprint density at radius 2 is 1.54 bits per heavy atom. The van der Waals surface area contributed by atoms with Gasteiger partial charge in [-0.1, -0.05) is 0 Å². The number of carbonyl (C=O) groups is 4. The van der Waals surface area contributed by atoms with Crippen molar-refractivity contribution >= 4 is 40.5 Å². The molecule has 0 bridgehead atoms. The number of benzene rings is 2. The Kier molecular flexibility index (Phi) is 10.7. The number of likely N-dealkylation sites (tertiary alicyclic amines) is 2. The summed E-state index contributed by atoms with van der Waals surface area (Å²) in [6.45, 7) is 7.79. The summed E-state index contributed by atoms with van der Waals surface area (Å²) in [6.07, 6.45) is 11.3. The third-order valence-corrected chi connectivity index (χ3v) is 14.5. The number of aromatic nitrogens is 3. The monoisotopic (exact) mass is 858 g/mol. The predicted octanol–water partition coefficient (Wildman–Crippen LogP) is 4.16. The number of piperidine rings is 3. The molecule has 16 heteroatoms. The van der Waals surface area contributed by atoms with Crippen LogP contribution in [0.1, 0.15) is 84.1 Å². The average molecular weight is 859 g/mol. The van der Waals surface area contributed by atoms with E-state index in [-0.39, 0.29) is 41.0 Å². The highest BCUT2D eigenvalue weighted by atomic mass is 16.5. The van der Waals surface area contributed by atoms with Crippen molar-refractivity contribution in [3.63, 3.8) is 0 Å². The fourth-order valence-electron chi connectivity index (χ4n) is 10.7. The number of nitrogens with zero attached hydrogens (tertiary/aromatic N) is 7. The van der Waals surface area contributed by atoms with Crippen molar-refractivity contribution in [2.45, 2.75) is 76.5 Å². The van der Waals surface area contributed by atoms with Gasteiger partial charge in [0.15, 0.2) is 0 Å². The molecule has 4 amide bonds. The number of carbonyl (C=O) groups excluding carboxylic acids is 4. The Balaban J connectivity index is 0.713. The summed E-state index contributed by atoms with van der Waals surface area (Å²) < 4.78 is 19.9. The summed E-state index contributed by atoms with van der Waals surface area (Å²) in [4.78, 5) is 81.2. The number of anilines is 1. The van der Waals surface area contributed by atoms with Crippen LogP contribution >= 0.6 is 0 Å². The van der Waals surface area contributed by atoms with Gasteiger partial charge in [-0.2, -0.15) is 0 Å². The number of hydrogen-bond donors (Lipinski definition) is 1. The summed E-state index contributed by atoms with van der Waals surface area (Å²) in [6, 6.07) is 8.05. The maximum Gasteiger partial charge on any atom is 0.262 e. The lowest BCUT2D eigenvalue weighted by molar-refractivity contribution is -0.136. The number of pyridine rings is 1. The number of amides is 4. The van der Waals surface area contributed by atoms with Crippen molar-refractivity contribution in [3.05, 3.63) is 69.8 Å². The van der Waals surface area contributed by atoms with Crippen LogP contribution in [-0.4, -0.2) is 125 Å². The summed E-state index contributed by atoms with van der Waals surface area (Å²) in [5.41, 5.74) is 3.96. The van der Waals surface area contributed by atoms with Crippen molar-refractivity contribution in [2.75, 3.05) is 64.9 Å². The van der Waals surface area contributed by atoms with Crippen molar-refractivity contribution in [3.8, 4) is 28.4 Å². The molecule has 7 heterocycles. The van der Waals surface area contributed by atoms with Gasteiger partial charge in [0.25, 0.3) is 17.4 Å². The third kappa shape index (κ3) is 7.60. The predicted molar refractivity (Wildman–Crippen MR) is 233 cm³/mol. The highest BCUT2D eigenvalue weighted by Gasteiger charge is 2.48. The van der Waals surface area contributed by atoms with Gasteiger partial charge >= 0.3 is 0 Å². The van der Waals surface area contributed by atoms with E-state index in [1.807, 2.05) is 18.3 Å². The second-order valence-electron chi connectivity index (χ2n) is 18.4. The topological polar surface area (TPSA) is 169 Å². The molecule has 5 fully saturated rings. The molecular formula is C47H54N8O8. The smallest absolute Gasteiger partial charge is 0.262 e. The number of fused-ring (bicyclic) bond motifs is 2. The van der Waals surface area contributed by atoms with Crippen molar-refractivity contribution in [1.29, 1.82) is 0 Å². The van der Waals surface area contributed by atoms with E-state index in [1.54, 1.807) is 50.2 Å². The van der Waals surface area contributed by atoms with E-state index >= 15 is 0 Å². The first-order valence-corrected chi connectivity index (χ1v) is 22.3. The Hall–Kier alpha value is -5.87. The molecule has 6 aliphatic rings. The summed E-state index contributed by atoms with van der Waals surface area (Å²) in [5.74, 6) is 1.27. The quantitative estimate of drug-likeness (QED) is 0.214. The first-order chi connectivity index (χ1) is 30.5. The van der Waals surface area contributed by atoms with E-state index < -0.39 is 29.7 Å². The van der Waals surface area contributed by atoms with Crippen molar-refractivity contribution in [1.82, 2.24) is 34.6 Å². The second-order valence-corrected chi connectivity index (χ2v) is 18.4. The van der Waals surface area contributed by atoms with Crippen LogP contribution in [0.2, 0.25) is 0 Å². The zero-order chi connectivity index (χ0) is 43.6. The van der Waals surface area contributed by atoms with E-state index in [9.17, 15) is 24.0 Å². The van der Waals surface area contributed by atoms with Gasteiger partial charge in [0.05, 0.1) is 47.9 Å². The zero-order valence-corrected chi connectivity index (χ0v) is 36.2. The molecule has 2 aromatic carbocycles. The maximum atomic E-state index is 13.3. The van der Waals surface area contributed by atoms with Crippen molar-refractivity contribution in [2.24, 2.45) is 18.4 Å². The Bertz CT molecular complexity index is 2540.